The molecule has 0 aromatic heterocycles. The van der Waals surface area contributed by atoms with Gasteiger partial charge in [0.05, 0.1) is 12.7 Å². The molecule has 1 aliphatic heterocycles. The van der Waals surface area contributed by atoms with Crippen molar-refractivity contribution < 1.29 is 14.3 Å². The maximum Gasteiger partial charge on any atom is 0.363 e. The van der Waals surface area contributed by atoms with Gasteiger partial charge in [-0.05, 0) is 115 Å². The van der Waals surface area contributed by atoms with Crippen molar-refractivity contribution in [1.82, 2.24) is 0 Å². The fraction of sp³-hybridized carbons (Fsp3) is 0.0435. The molecular formula is C23H13BrClI2NO3. The highest BCUT2D eigenvalue weighted by Crippen LogP contribution is 2.31. The zero-order valence-corrected chi connectivity index (χ0v) is 22.4. The van der Waals surface area contributed by atoms with E-state index in [0.29, 0.717) is 11.6 Å². The van der Waals surface area contributed by atoms with E-state index in [-0.39, 0.29) is 11.6 Å². The number of nitrogens with zero attached hydrogens (tertiary/aromatic N) is 1. The number of rotatable bonds is 5. The van der Waals surface area contributed by atoms with E-state index >= 15 is 0 Å². The highest BCUT2D eigenvalue weighted by atomic mass is 127. The molecule has 0 atom stereocenters. The predicted molar refractivity (Wildman–Crippen MR) is 142 cm³/mol. The Hall–Kier alpha value is -1.43. The Balaban J connectivity index is 1.57. The molecular weight excluding hydrogens is 707 g/mol. The molecule has 3 aromatic rings. The summed E-state index contributed by atoms with van der Waals surface area (Å²) in [5, 5.41) is 0.679. The number of ether oxygens (including phenoxy) is 2. The first-order valence-electron chi connectivity index (χ1n) is 9.04. The summed E-state index contributed by atoms with van der Waals surface area (Å²) in [7, 11) is 0. The van der Waals surface area contributed by atoms with E-state index in [2.05, 4.69) is 66.1 Å². The molecule has 0 spiro atoms. The Labute approximate surface area is 220 Å². The maximum atomic E-state index is 12.3. The summed E-state index contributed by atoms with van der Waals surface area (Å²) < 4.78 is 14.1. The number of carbonyl (C=O) groups is 1. The average Bonchev–Trinajstić information content (AvgIpc) is 3.08. The van der Waals surface area contributed by atoms with Gasteiger partial charge in [-0.3, -0.25) is 0 Å². The minimum atomic E-state index is -0.475. The van der Waals surface area contributed by atoms with Crippen LogP contribution in [0.15, 0.2) is 75.8 Å². The van der Waals surface area contributed by atoms with Crippen LogP contribution < -0.4 is 4.74 Å². The molecule has 0 N–H and O–H groups in total. The van der Waals surface area contributed by atoms with E-state index in [1.807, 2.05) is 60.7 Å². The van der Waals surface area contributed by atoms with Crippen molar-refractivity contribution >= 4 is 90.7 Å². The summed E-state index contributed by atoms with van der Waals surface area (Å²) in [6, 6.07) is 19.0. The number of carbonyl (C=O) groups excluding carboxylic acids is 1. The second-order valence-corrected chi connectivity index (χ2v) is 10.2. The monoisotopic (exact) mass is 719 g/mol. The summed E-state index contributed by atoms with van der Waals surface area (Å²) in [6.45, 7) is 0.416. The normalized spacial score (nSPS) is 14.5. The Bertz CT molecular complexity index is 1220. The van der Waals surface area contributed by atoms with E-state index < -0.39 is 5.97 Å². The van der Waals surface area contributed by atoms with Crippen LogP contribution >= 0.6 is 72.7 Å². The SMILES string of the molecule is O=C1OC(c2ccccc2Br)=N/C1=C/c1cc(I)c(OCc2cccc(Cl)c2)c(I)c1. The number of hydrogen-bond acceptors (Lipinski definition) is 4. The van der Waals surface area contributed by atoms with Gasteiger partial charge in [0, 0.05) is 9.50 Å². The Morgan fingerprint density at radius 3 is 2.52 bits per heavy atom. The van der Waals surface area contributed by atoms with Crippen LogP contribution in [-0.4, -0.2) is 11.9 Å². The van der Waals surface area contributed by atoms with Crippen LogP contribution in [-0.2, 0) is 16.1 Å². The van der Waals surface area contributed by atoms with Crippen LogP contribution in [0.2, 0.25) is 5.02 Å². The van der Waals surface area contributed by atoms with Gasteiger partial charge in [-0.1, -0.05) is 35.9 Å². The predicted octanol–water partition coefficient (Wildman–Crippen LogP) is 7.24. The molecule has 1 heterocycles. The molecule has 0 saturated carbocycles. The minimum Gasteiger partial charge on any atom is -0.487 e. The van der Waals surface area contributed by atoms with Crippen molar-refractivity contribution in [3.8, 4) is 5.75 Å². The van der Waals surface area contributed by atoms with E-state index in [4.69, 9.17) is 21.1 Å². The quantitative estimate of drug-likeness (QED) is 0.159. The first-order chi connectivity index (χ1) is 14.9. The second-order valence-electron chi connectivity index (χ2n) is 6.55. The lowest BCUT2D eigenvalue weighted by molar-refractivity contribution is -0.129. The maximum absolute atomic E-state index is 12.3. The molecule has 1 aliphatic rings. The fourth-order valence-corrected chi connectivity index (χ4v) is 5.69. The Morgan fingerprint density at radius 1 is 1.06 bits per heavy atom. The standard InChI is InChI=1S/C23H13BrClI2NO3/c24-17-7-2-1-6-16(17)22-28-20(23(29)31-22)11-14-9-18(26)21(19(27)10-14)30-12-13-4-3-5-15(25)8-13/h1-11H,12H2/b20-11+. The molecule has 0 amide bonds. The number of aliphatic imine (C=N–C) groups is 1. The van der Waals surface area contributed by atoms with Gasteiger partial charge in [0.2, 0.25) is 5.90 Å². The van der Waals surface area contributed by atoms with Gasteiger partial charge >= 0.3 is 5.97 Å². The lowest BCUT2D eigenvalue weighted by atomic mass is 10.2. The van der Waals surface area contributed by atoms with Crippen LogP contribution in [0.3, 0.4) is 0 Å². The van der Waals surface area contributed by atoms with Gasteiger partial charge in [0.15, 0.2) is 5.70 Å². The largest absolute Gasteiger partial charge is 0.487 e. The highest BCUT2D eigenvalue weighted by Gasteiger charge is 2.25. The first-order valence-corrected chi connectivity index (χ1v) is 12.4. The topological polar surface area (TPSA) is 47.9 Å². The van der Waals surface area contributed by atoms with Crippen molar-refractivity contribution in [2.45, 2.75) is 6.61 Å². The molecule has 0 unspecified atom stereocenters. The molecule has 0 radical (unpaired) electrons. The van der Waals surface area contributed by atoms with Crippen LogP contribution in [0, 0.1) is 7.14 Å². The zero-order valence-electron chi connectivity index (χ0n) is 15.7. The van der Waals surface area contributed by atoms with Gasteiger partial charge in [-0.2, -0.15) is 0 Å². The summed E-state index contributed by atoms with van der Waals surface area (Å²) in [5.41, 5.74) is 2.82. The summed E-state index contributed by atoms with van der Waals surface area (Å²) in [4.78, 5) is 16.7. The second kappa shape index (κ2) is 10.0. The molecule has 0 aliphatic carbocycles. The molecule has 0 bridgehead atoms. The van der Waals surface area contributed by atoms with Crippen LogP contribution in [0.4, 0.5) is 0 Å². The summed E-state index contributed by atoms with van der Waals surface area (Å²) >= 11 is 14.0. The van der Waals surface area contributed by atoms with Crippen molar-refractivity contribution in [2.24, 2.45) is 4.99 Å². The zero-order chi connectivity index (χ0) is 22.0. The number of esters is 1. The van der Waals surface area contributed by atoms with Crippen LogP contribution in [0.1, 0.15) is 16.7 Å². The van der Waals surface area contributed by atoms with Gasteiger partial charge < -0.3 is 9.47 Å². The third-order valence-corrected chi connectivity index (χ3v) is 6.85. The smallest absolute Gasteiger partial charge is 0.363 e. The van der Waals surface area contributed by atoms with Crippen LogP contribution in [0.25, 0.3) is 6.08 Å². The summed E-state index contributed by atoms with van der Waals surface area (Å²) in [5.74, 6) is 0.598. The molecule has 3 aromatic carbocycles. The van der Waals surface area contributed by atoms with Gasteiger partial charge in [0.1, 0.15) is 12.4 Å². The molecule has 31 heavy (non-hydrogen) atoms. The third-order valence-electron chi connectivity index (χ3n) is 4.32. The number of cyclic esters (lactones) is 1. The van der Waals surface area contributed by atoms with Crippen LogP contribution in [0.5, 0.6) is 5.75 Å². The van der Waals surface area contributed by atoms with E-state index in [1.165, 1.54) is 0 Å². The van der Waals surface area contributed by atoms with Gasteiger partial charge in [-0.25, -0.2) is 9.79 Å². The lowest BCUT2D eigenvalue weighted by Crippen LogP contribution is -2.05. The Morgan fingerprint density at radius 2 is 1.81 bits per heavy atom. The lowest BCUT2D eigenvalue weighted by Gasteiger charge is -2.12. The average molecular weight is 721 g/mol. The van der Waals surface area contributed by atoms with Crippen molar-refractivity contribution in [3.05, 3.63) is 99.7 Å². The van der Waals surface area contributed by atoms with Crippen molar-refractivity contribution in [1.29, 1.82) is 0 Å². The van der Waals surface area contributed by atoms with Gasteiger partial charge in [0.25, 0.3) is 0 Å². The molecule has 4 rings (SSSR count). The van der Waals surface area contributed by atoms with E-state index in [1.54, 1.807) is 6.08 Å². The molecule has 156 valence electrons. The Kier molecular flexibility index (Phi) is 7.35. The number of halogens is 4. The highest BCUT2D eigenvalue weighted by molar-refractivity contribution is 14.1. The fourth-order valence-electron chi connectivity index (χ4n) is 2.90. The summed E-state index contributed by atoms with van der Waals surface area (Å²) in [6.07, 6.45) is 1.72. The molecule has 4 nitrogen and oxygen atoms in total. The first kappa shape index (κ1) is 22.8. The number of hydrogen-bond donors (Lipinski definition) is 0. The van der Waals surface area contributed by atoms with E-state index in [9.17, 15) is 4.79 Å². The molecule has 0 saturated heterocycles. The van der Waals surface area contributed by atoms with Crippen molar-refractivity contribution in [2.75, 3.05) is 0 Å². The third kappa shape index (κ3) is 5.50. The van der Waals surface area contributed by atoms with Crippen molar-refractivity contribution in [3.63, 3.8) is 0 Å². The van der Waals surface area contributed by atoms with E-state index in [0.717, 1.165) is 34.1 Å². The molecule has 8 heteroatoms. The number of benzene rings is 3. The minimum absolute atomic E-state index is 0.255. The molecule has 0 fully saturated rings. The van der Waals surface area contributed by atoms with Gasteiger partial charge in [-0.15, -0.1) is 0 Å².